The van der Waals surface area contributed by atoms with E-state index in [0.29, 0.717) is 0 Å². The monoisotopic (exact) mass is 180 g/mol. The maximum Gasteiger partial charge on any atom is 0.252 e. The second-order valence-electron chi connectivity index (χ2n) is 2.27. The molecule has 0 aliphatic carbocycles. The Morgan fingerprint density at radius 2 is 2.08 bits per heavy atom. The zero-order valence-electron chi connectivity index (χ0n) is 6.54. The molecule has 0 spiro atoms. The van der Waals surface area contributed by atoms with E-state index in [1.165, 1.54) is 0 Å². The summed E-state index contributed by atoms with van der Waals surface area (Å²) in [5.41, 5.74) is 0. The second kappa shape index (κ2) is 4.48. The van der Waals surface area contributed by atoms with E-state index >= 15 is 0 Å². The highest BCUT2D eigenvalue weighted by Crippen LogP contribution is 2.11. The summed E-state index contributed by atoms with van der Waals surface area (Å²) in [5, 5.41) is 35.3. The highest BCUT2D eigenvalue weighted by atomic mass is 16.6. The first-order valence-electron chi connectivity index (χ1n) is 3.22. The van der Waals surface area contributed by atoms with Crippen LogP contribution < -0.4 is 0 Å². The molecule has 4 N–H and O–H groups in total. The van der Waals surface area contributed by atoms with Crippen LogP contribution >= 0.6 is 0 Å². The fourth-order valence-electron chi connectivity index (χ4n) is 0.614. The Balaban J connectivity index is 4.40. The number of carbonyl (C=O) groups is 1. The molecule has 72 valence electrons. The van der Waals surface area contributed by atoms with Gasteiger partial charge >= 0.3 is 0 Å². The second-order valence-corrected chi connectivity index (χ2v) is 2.27. The Morgan fingerprint density at radius 1 is 1.58 bits per heavy atom. The topological polar surface area (TPSA) is 107 Å². The predicted octanol–water partition coefficient (Wildman–Crippen LogP) is -2.77. The normalized spacial score (nSPS) is 21.1. The summed E-state index contributed by atoms with van der Waals surface area (Å²) in [7, 11) is 0.988. The highest BCUT2D eigenvalue weighted by Gasteiger charge is 2.40. The average molecular weight is 180 g/mol. The quantitative estimate of drug-likeness (QED) is 0.269. The summed E-state index contributed by atoms with van der Waals surface area (Å²) >= 11 is 0. The van der Waals surface area contributed by atoms with Gasteiger partial charge in [-0.25, -0.2) is 0 Å². The van der Waals surface area contributed by atoms with Crippen molar-refractivity contribution in [2.75, 3.05) is 13.7 Å². The predicted molar refractivity (Wildman–Crippen MR) is 37.1 cm³/mol. The van der Waals surface area contributed by atoms with Crippen molar-refractivity contribution >= 4 is 6.29 Å². The molecule has 6 nitrogen and oxygen atoms in total. The van der Waals surface area contributed by atoms with Crippen molar-refractivity contribution in [1.29, 1.82) is 0 Å². The van der Waals surface area contributed by atoms with Gasteiger partial charge in [-0.3, -0.25) is 4.79 Å². The molecule has 3 atom stereocenters. The molecule has 0 aromatic carbocycles. The lowest BCUT2D eigenvalue weighted by atomic mass is 10.1. The van der Waals surface area contributed by atoms with Gasteiger partial charge in [0.05, 0.1) is 6.61 Å². The molecular formula is C6H12O6. The van der Waals surface area contributed by atoms with Crippen LogP contribution in [0.2, 0.25) is 0 Å². The van der Waals surface area contributed by atoms with E-state index in [1.54, 1.807) is 0 Å². The van der Waals surface area contributed by atoms with Crippen LogP contribution in [0, 0.1) is 0 Å². The Hall–Kier alpha value is -0.530. The Labute approximate surface area is 69.0 Å². The Bertz CT molecular complexity index is 149. The molecule has 0 fully saturated rings. The van der Waals surface area contributed by atoms with E-state index < -0.39 is 24.6 Å². The fourth-order valence-corrected chi connectivity index (χ4v) is 0.614. The molecule has 0 heterocycles. The van der Waals surface area contributed by atoms with E-state index in [2.05, 4.69) is 4.74 Å². The minimum Gasteiger partial charge on any atom is -0.394 e. The van der Waals surface area contributed by atoms with Crippen LogP contribution in [0.15, 0.2) is 0 Å². The number of rotatable bonds is 5. The standard InChI is InChI=1S/C6H12O6/c1-12-6(11,3-8)5(10)4(9)2-7/h3-5,7,9-11H,2H2,1H3/t4-,5-,6+/m1/s1. The van der Waals surface area contributed by atoms with Gasteiger partial charge in [0.1, 0.15) is 12.2 Å². The van der Waals surface area contributed by atoms with Crippen LogP contribution in [0.4, 0.5) is 0 Å². The molecular weight excluding hydrogens is 168 g/mol. The molecule has 0 rings (SSSR count). The molecule has 0 amide bonds. The van der Waals surface area contributed by atoms with Crippen molar-refractivity contribution < 1.29 is 30.0 Å². The van der Waals surface area contributed by atoms with Gasteiger partial charge < -0.3 is 25.2 Å². The molecule has 6 heteroatoms. The Morgan fingerprint density at radius 3 is 2.33 bits per heavy atom. The van der Waals surface area contributed by atoms with Crippen molar-refractivity contribution in [2.24, 2.45) is 0 Å². The van der Waals surface area contributed by atoms with Crippen molar-refractivity contribution in [3.05, 3.63) is 0 Å². The maximum absolute atomic E-state index is 10.2. The Kier molecular flexibility index (Phi) is 4.29. The van der Waals surface area contributed by atoms with Gasteiger partial charge in [-0.05, 0) is 0 Å². The molecule has 0 saturated carbocycles. The SMILES string of the molecule is CO[C@@](O)(C=O)[C@H](O)[C@H](O)CO. The van der Waals surface area contributed by atoms with E-state index in [1.807, 2.05) is 0 Å². The molecule has 0 unspecified atom stereocenters. The summed E-state index contributed by atoms with van der Waals surface area (Å²) in [6.45, 7) is -0.777. The summed E-state index contributed by atoms with van der Waals surface area (Å²) < 4.78 is 4.24. The first-order chi connectivity index (χ1) is 5.51. The third kappa shape index (κ3) is 2.23. The minimum atomic E-state index is -2.47. The van der Waals surface area contributed by atoms with E-state index in [0.717, 1.165) is 7.11 Å². The summed E-state index contributed by atoms with van der Waals surface area (Å²) in [4.78, 5) is 10.2. The number of methoxy groups -OCH3 is 1. The van der Waals surface area contributed by atoms with E-state index in [9.17, 15) is 4.79 Å². The lowest BCUT2D eigenvalue weighted by Crippen LogP contribution is -2.52. The van der Waals surface area contributed by atoms with Crippen molar-refractivity contribution in [2.45, 2.75) is 18.0 Å². The van der Waals surface area contributed by atoms with Crippen LogP contribution in [0.3, 0.4) is 0 Å². The molecule has 0 aliphatic heterocycles. The molecule has 0 radical (unpaired) electrons. The van der Waals surface area contributed by atoms with Gasteiger partial charge in [-0.15, -0.1) is 0 Å². The van der Waals surface area contributed by atoms with Gasteiger partial charge in [0, 0.05) is 7.11 Å². The molecule has 12 heavy (non-hydrogen) atoms. The first kappa shape index (κ1) is 11.5. The summed E-state index contributed by atoms with van der Waals surface area (Å²) in [5.74, 6) is -2.47. The van der Waals surface area contributed by atoms with Gasteiger partial charge in [0.25, 0.3) is 5.79 Å². The van der Waals surface area contributed by atoms with Crippen LogP contribution in [0.5, 0.6) is 0 Å². The number of ether oxygens (including phenoxy) is 1. The molecule has 0 aliphatic rings. The molecule has 0 saturated heterocycles. The van der Waals surface area contributed by atoms with Gasteiger partial charge in [0.2, 0.25) is 0 Å². The zero-order chi connectivity index (χ0) is 9.78. The molecule has 0 aromatic rings. The van der Waals surface area contributed by atoms with E-state index in [4.69, 9.17) is 20.4 Å². The van der Waals surface area contributed by atoms with Crippen LogP contribution in [0.25, 0.3) is 0 Å². The van der Waals surface area contributed by atoms with Crippen molar-refractivity contribution in [1.82, 2.24) is 0 Å². The number of carbonyl (C=O) groups excluding carboxylic acids is 1. The number of hydrogen-bond acceptors (Lipinski definition) is 6. The molecule has 0 aromatic heterocycles. The highest BCUT2D eigenvalue weighted by molar-refractivity contribution is 5.60. The van der Waals surface area contributed by atoms with Crippen molar-refractivity contribution in [3.63, 3.8) is 0 Å². The summed E-state index contributed by atoms with van der Waals surface area (Å²) in [6.07, 6.45) is -3.55. The van der Waals surface area contributed by atoms with Crippen LogP contribution in [0.1, 0.15) is 0 Å². The lowest BCUT2D eigenvalue weighted by molar-refractivity contribution is -0.242. The maximum atomic E-state index is 10.2. The lowest BCUT2D eigenvalue weighted by Gasteiger charge is -2.28. The number of hydrogen-bond donors (Lipinski definition) is 4. The smallest absolute Gasteiger partial charge is 0.252 e. The fraction of sp³-hybridized carbons (Fsp3) is 0.833. The van der Waals surface area contributed by atoms with Crippen LogP contribution in [-0.4, -0.2) is 58.4 Å². The van der Waals surface area contributed by atoms with Crippen LogP contribution in [-0.2, 0) is 9.53 Å². The first-order valence-corrected chi connectivity index (χ1v) is 3.22. The number of aldehydes is 1. The third-order valence-electron chi connectivity index (χ3n) is 1.47. The largest absolute Gasteiger partial charge is 0.394 e. The van der Waals surface area contributed by atoms with Gasteiger partial charge in [-0.2, -0.15) is 0 Å². The third-order valence-corrected chi connectivity index (χ3v) is 1.47. The van der Waals surface area contributed by atoms with Gasteiger partial charge in [0.15, 0.2) is 6.29 Å². The average Bonchev–Trinajstić information content (AvgIpc) is 2.14. The minimum absolute atomic E-state index is 0.0590. The zero-order valence-corrected chi connectivity index (χ0v) is 6.54. The summed E-state index contributed by atoms with van der Waals surface area (Å²) in [6, 6.07) is 0. The van der Waals surface area contributed by atoms with Crippen molar-refractivity contribution in [3.8, 4) is 0 Å². The number of aliphatic hydroxyl groups is 4. The molecule has 0 bridgehead atoms. The number of aliphatic hydroxyl groups excluding tert-OH is 3. The van der Waals surface area contributed by atoms with Gasteiger partial charge in [-0.1, -0.05) is 0 Å². The van der Waals surface area contributed by atoms with E-state index in [-0.39, 0.29) is 6.29 Å².